The fourth-order valence-electron chi connectivity index (χ4n) is 1.05. The zero-order chi connectivity index (χ0) is 11.4. The zero-order valence-corrected chi connectivity index (χ0v) is 9.68. The van der Waals surface area contributed by atoms with Crippen LogP contribution in [0.5, 0.6) is 0 Å². The van der Waals surface area contributed by atoms with Gasteiger partial charge in [0, 0.05) is 11.9 Å². The lowest BCUT2D eigenvalue weighted by molar-refractivity contribution is -0.385. The molecule has 0 saturated carbocycles. The highest BCUT2D eigenvalue weighted by atomic mass is 79.9. The summed E-state index contributed by atoms with van der Waals surface area (Å²) in [4.78, 5) is 24.6. The molecule has 7 heteroatoms. The molecule has 1 unspecified atom stereocenters. The van der Waals surface area contributed by atoms with Crippen molar-refractivity contribution in [2.45, 2.75) is 13.5 Å². The van der Waals surface area contributed by atoms with Crippen LogP contribution >= 0.6 is 15.9 Å². The molecule has 0 spiro atoms. The Balaban J connectivity index is 3.00. The second-order valence-electron chi connectivity index (χ2n) is 3.26. The van der Waals surface area contributed by atoms with E-state index in [9.17, 15) is 14.9 Å². The van der Waals surface area contributed by atoms with E-state index < -0.39 is 10.6 Å². The summed E-state index contributed by atoms with van der Waals surface area (Å²) in [7, 11) is 0. The van der Waals surface area contributed by atoms with Gasteiger partial charge in [-0.3, -0.25) is 14.7 Å². The van der Waals surface area contributed by atoms with Gasteiger partial charge in [0.2, 0.25) is 0 Å². The van der Waals surface area contributed by atoms with Crippen LogP contribution in [0.2, 0.25) is 0 Å². The van der Waals surface area contributed by atoms with Gasteiger partial charge in [0.15, 0.2) is 0 Å². The van der Waals surface area contributed by atoms with Gasteiger partial charge in [0.1, 0.15) is 6.20 Å². The molecule has 0 aliphatic rings. The fraction of sp³-hybridized carbons (Fsp3) is 0.500. The van der Waals surface area contributed by atoms with Crippen LogP contribution in [-0.2, 0) is 6.54 Å². The molecule has 15 heavy (non-hydrogen) atoms. The number of halogens is 1. The summed E-state index contributed by atoms with van der Waals surface area (Å²) in [5.41, 5.74) is -0.634. The summed E-state index contributed by atoms with van der Waals surface area (Å²) in [5.74, 6) is 0.214. The molecule has 1 aromatic heterocycles. The molecule has 0 fully saturated rings. The van der Waals surface area contributed by atoms with E-state index in [-0.39, 0.29) is 11.6 Å². The summed E-state index contributed by atoms with van der Waals surface area (Å²) in [6.45, 7) is 2.35. The first-order valence-electron chi connectivity index (χ1n) is 4.31. The lowest BCUT2D eigenvalue weighted by Gasteiger charge is -2.08. The van der Waals surface area contributed by atoms with E-state index in [4.69, 9.17) is 0 Å². The molecule has 1 aromatic rings. The molecule has 0 bridgehead atoms. The molecule has 0 aliphatic heterocycles. The predicted octanol–water partition coefficient (Wildman–Crippen LogP) is 1.18. The molecule has 0 radical (unpaired) electrons. The maximum atomic E-state index is 11.3. The Morgan fingerprint density at radius 2 is 2.40 bits per heavy atom. The van der Waals surface area contributed by atoms with Crippen LogP contribution in [0.1, 0.15) is 6.92 Å². The molecule has 6 nitrogen and oxygen atoms in total. The lowest BCUT2D eigenvalue weighted by atomic mass is 10.2. The molecular weight excluding hydrogens is 266 g/mol. The molecule has 0 saturated heterocycles. The van der Waals surface area contributed by atoms with E-state index in [1.807, 2.05) is 6.92 Å². The van der Waals surface area contributed by atoms with Crippen LogP contribution < -0.4 is 5.69 Å². The van der Waals surface area contributed by atoms with Gasteiger partial charge >= 0.3 is 11.4 Å². The van der Waals surface area contributed by atoms with Gasteiger partial charge in [0.05, 0.1) is 11.1 Å². The molecule has 82 valence electrons. The van der Waals surface area contributed by atoms with Crippen molar-refractivity contribution in [2.75, 3.05) is 5.33 Å². The second kappa shape index (κ2) is 5.01. The van der Waals surface area contributed by atoms with Crippen molar-refractivity contribution in [3.63, 3.8) is 0 Å². The second-order valence-corrected chi connectivity index (χ2v) is 3.91. The molecule has 1 rings (SSSR count). The maximum Gasteiger partial charge on any atom is 0.347 e. The average Bonchev–Trinajstić information content (AvgIpc) is 2.20. The van der Waals surface area contributed by atoms with Gasteiger partial charge in [-0.25, -0.2) is 4.79 Å². The molecule has 1 heterocycles. The number of hydrogen-bond donors (Lipinski definition) is 0. The smallest absolute Gasteiger partial charge is 0.292 e. The highest BCUT2D eigenvalue weighted by Gasteiger charge is 2.10. The van der Waals surface area contributed by atoms with Gasteiger partial charge < -0.3 is 0 Å². The number of nitro groups is 1. The quantitative estimate of drug-likeness (QED) is 0.470. The van der Waals surface area contributed by atoms with Crippen molar-refractivity contribution >= 4 is 21.6 Å². The fourth-order valence-corrected chi connectivity index (χ4v) is 1.26. The number of hydrogen-bond acceptors (Lipinski definition) is 4. The van der Waals surface area contributed by atoms with E-state index in [1.165, 1.54) is 10.8 Å². The van der Waals surface area contributed by atoms with Crippen molar-refractivity contribution in [3.05, 3.63) is 33.0 Å². The largest absolute Gasteiger partial charge is 0.347 e. The van der Waals surface area contributed by atoms with Gasteiger partial charge in [-0.05, 0) is 5.92 Å². The third-order valence-electron chi connectivity index (χ3n) is 1.82. The zero-order valence-electron chi connectivity index (χ0n) is 8.09. The normalized spacial score (nSPS) is 12.4. The number of rotatable bonds is 4. The molecule has 1 atom stereocenters. The highest BCUT2D eigenvalue weighted by molar-refractivity contribution is 9.09. The Bertz CT molecular complexity index is 418. The highest BCUT2D eigenvalue weighted by Crippen LogP contribution is 2.07. The minimum Gasteiger partial charge on any atom is -0.292 e. The first kappa shape index (κ1) is 11.8. The van der Waals surface area contributed by atoms with E-state index in [0.29, 0.717) is 6.54 Å². The van der Waals surface area contributed by atoms with Crippen LogP contribution in [0.25, 0.3) is 0 Å². The Morgan fingerprint density at radius 3 is 2.93 bits per heavy atom. The maximum absolute atomic E-state index is 11.3. The molecule has 0 amide bonds. The number of aromatic nitrogens is 2. The first-order valence-corrected chi connectivity index (χ1v) is 5.43. The van der Waals surface area contributed by atoms with Crippen molar-refractivity contribution in [3.8, 4) is 0 Å². The standard InChI is InChI=1S/C8H10BrN3O3/c1-6(2-9)4-11-5-7(12(14)15)3-10-8(11)13/h3,5-6H,2,4H2,1H3. The Labute approximate surface area is 94.2 Å². The third-order valence-corrected chi connectivity index (χ3v) is 2.93. The van der Waals surface area contributed by atoms with Crippen LogP contribution in [-0.4, -0.2) is 19.8 Å². The predicted molar refractivity (Wildman–Crippen MR) is 58.1 cm³/mol. The summed E-state index contributed by atoms with van der Waals surface area (Å²) < 4.78 is 1.25. The van der Waals surface area contributed by atoms with Crippen molar-refractivity contribution < 1.29 is 4.92 Å². The Kier molecular flexibility index (Phi) is 3.96. The molecule has 0 N–H and O–H groups in total. The van der Waals surface area contributed by atoms with Crippen molar-refractivity contribution in [2.24, 2.45) is 5.92 Å². The summed E-state index contributed by atoms with van der Waals surface area (Å²) in [6.07, 6.45) is 2.19. The average molecular weight is 276 g/mol. The van der Waals surface area contributed by atoms with E-state index >= 15 is 0 Å². The van der Waals surface area contributed by atoms with E-state index in [0.717, 1.165) is 11.5 Å². The SMILES string of the molecule is CC(CBr)Cn1cc([N+](=O)[O-])cnc1=O. The summed E-state index contributed by atoms with van der Waals surface area (Å²) in [5, 5.41) is 11.2. The first-order chi connectivity index (χ1) is 7.04. The van der Waals surface area contributed by atoms with Crippen LogP contribution in [0.15, 0.2) is 17.2 Å². The monoisotopic (exact) mass is 275 g/mol. The van der Waals surface area contributed by atoms with E-state index in [2.05, 4.69) is 20.9 Å². The van der Waals surface area contributed by atoms with Crippen LogP contribution in [0, 0.1) is 16.0 Å². The molecule has 0 aromatic carbocycles. The minimum atomic E-state index is -0.568. The van der Waals surface area contributed by atoms with Crippen LogP contribution in [0.4, 0.5) is 5.69 Å². The van der Waals surface area contributed by atoms with Crippen LogP contribution in [0.3, 0.4) is 0 Å². The summed E-state index contributed by atoms with van der Waals surface area (Å²) in [6, 6.07) is 0. The van der Waals surface area contributed by atoms with E-state index in [1.54, 1.807) is 0 Å². The van der Waals surface area contributed by atoms with Crippen molar-refractivity contribution in [1.29, 1.82) is 0 Å². The molecular formula is C8H10BrN3O3. The Morgan fingerprint density at radius 1 is 1.73 bits per heavy atom. The van der Waals surface area contributed by atoms with Gasteiger partial charge in [-0.1, -0.05) is 22.9 Å². The summed E-state index contributed by atoms with van der Waals surface area (Å²) >= 11 is 3.27. The number of nitrogens with zero attached hydrogens (tertiary/aromatic N) is 3. The van der Waals surface area contributed by atoms with Gasteiger partial charge in [-0.15, -0.1) is 0 Å². The third kappa shape index (κ3) is 3.12. The topological polar surface area (TPSA) is 78.0 Å². The Hall–Kier alpha value is -1.24. The van der Waals surface area contributed by atoms with Crippen molar-refractivity contribution in [1.82, 2.24) is 9.55 Å². The molecule has 0 aliphatic carbocycles. The minimum absolute atomic E-state index is 0.170. The number of alkyl halides is 1. The lowest BCUT2D eigenvalue weighted by Crippen LogP contribution is -2.25. The van der Waals surface area contributed by atoms with Gasteiger partial charge in [0.25, 0.3) is 0 Å². The van der Waals surface area contributed by atoms with Gasteiger partial charge in [-0.2, -0.15) is 4.98 Å².